The zero-order valence-electron chi connectivity index (χ0n) is 14.2. The average molecular weight is 322 g/mol. The van der Waals surface area contributed by atoms with E-state index in [0.29, 0.717) is 23.5 Å². The Bertz CT molecular complexity index is 804. The van der Waals surface area contributed by atoms with Crippen molar-refractivity contribution in [3.8, 4) is 17.2 Å². The largest absolute Gasteiger partial charge is 0.477 e. The van der Waals surface area contributed by atoms with Crippen molar-refractivity contribution in [3.63, 3.8) is 0 Å². The maximum Gasteiger partial charge on any atom is 0.353 e. The van der Waals surface area contributed by atoms with Gasteiger partial charge in [-0.3, -0.25) is 0 Å². The van der Waals surface area contributed by atoms with Crippen LogP contribution in [0, 0.1) is 11.3 Å². The lowest BCUT2D eigenvalue weighted by molar-refractivity contribution is 0.0687. The highest BCUT2D eigenvalue weighted by Crippen LogP contribution is 2.37. The minimum Gasteiger partial charge on any atom is -0.477 e. The molecule has 0 atom stereocenters. The molecule has 24 heavy (non-hydrogen) atoms. The van der Waals surface area contributed by atoms with Crippen molar-refractivity contribution < 1.29 is 9.90 Å². The highest BCUT2D eigenvalue weighted by molar-refractivity contribution is 5.97. The molecule has 1 aromatic carbocycles. The van der Waals surface area contributed by atoms with E-state index in [9.17, 15) is 15.2 Å². The van der Waals surface area contributed by atoms with Gasteiger partial charge in [0.05, 0.1) is 5.56 Å². The van der Waals surface area contributed by atoms with Crippen LogP contribution in [0.15, 0.2) is 24.3 Å². The maximum absolute atomic E-state index is 11.8. The second kappa shape index (κ2) is 6.52. The fraction of sp³-hybridized carbons (Fsp3) is 0.400. The molecule has 0 bridgehead atoms. The van der Waals surface area contributed by atoms with Crippen molar-refractivity contribution in [2.75, 3.05) is 0 Å². The van der Waals surface area contributed by atoms with E-state index in [1.807, 2.05) is 19.1 Å². The summed E-state index contributed by atoms with van der Waals surface area (Å²) in [5, 5.41) is 19.2. The van der Waals surface area contributed by atoms with Gasteiger partial charge in [-0.25, -0.2) is 4.79 Å². The van der Waals surface area contributed by atoms with Crippen LogP contribution in [0.25, 0.3) is 11.1 Å². The highest BCUT2D eigenvalue weighted by Gasteiger charge is 2.26. The molecule has 1 heterocycles. The summed E-state index contributed by atoms with van der Waals surface area (Å²) in [6.07, 6.45) is 5.65. The van der Waals surface area contributed by atoms with Gasteiger partial charge in [0.15, 0.2) is 0 Å². The quantitative estimate of drug-likeness (QED) is 0.902. The Morgan fingerprint density at radius 2 is 1.92 bits per heavy atom. The fourth-order valence-electron chi connectivity index (χ4n) is 3.98. The molecule has 0 saturated heterocycles. The van der Waals surface area contributed by atoms with E-state index < -0.39 is 5.97 Å². The third kappa shape index (κ3) is 2.60. The molecule has 1 saturated carbocycles. The third-order valence-electron chi connectivity index (χ3n) is 5.19. The molecule has 1 N–H and O–H groups in total. The number of nitriles is 1. The molecule has 0 unspecified atom stereocenters. The Morgan fingerprint density at radius 1 is 1.29 bits per heavy atom. The minimum absolute atomic E-state index is 0.192. The lowest BCUT2D eigenvalue weighted by Crippen LogP contribution is -2.07. The second-order valence-corrected chi connectivity index (χ2v) is 6.48. The maximum atomic E-state index is 11.8. The summed E-state index contributed by atoms with van der Waals surface area (Å²) in [5.41, 5.74) is 4.11. The fourth-order valence-corrected chi connectivity index (χ4v) is 3.98. The number of carbonyl (C=O) groups is 1. The van der Waals surface area contributed by atoms with Gasteiger partial charge in [0, 0.05) is 18.3 Å². The number of carboxylic acid groups (broad SMARTS) is 1. The Kier molecular flexibility index (Phi) is 4.44. The molecule has 1 aromatic heterocycles. The Morgan fingerprint density at radius 3 is 2.42 bits per heavy atom. The first-order valence-electron chi connectivity index (χ1n) is 8.53. The lowest BCUT2D eigenvalue weighted by Gasteiger charge is -2.10. The van der Waals surface area contributed by atoms with Crippen LogP contribution in [0.2, 0.25) is 0 Å². The topological polar surface area (TPSA) is 66.0 Å². The van der Waals surface area contributed by atoms with Crippen LogP contribution in [0.1, 0.15) is 65.8 Å². The molecule has 0 amide bonds. The minimum atomic E-state index is -0.997. The first kappa shape index (κ1) is 16.3. The van der Waals surface area contributed by atoms with E-state index in [2.05, 4.69) is 18.2 Å². The summed E-state index contributed by atoms with van der Waals surface area (Å²) in [4.78, 5) is 11.8. The average Bonchev–Trinajstić information content (AvgIpc) is 3.20. The van der Waals surface area contributed by atoms with E-state index in [0.717, 1.165) is 11.3 Å². The third-order valence-corrected chi connectivity index (χ3v) is 5.19. The molecule has 0 spiro atoms. The molecular formula is C20H22N2O2. The van der Waals surface area contributed by atoms with Crippen molar-refractivity contribution in [2.24, 2.45) is 7.05 Å². The van der Waals surface area contributed by atoms with Gasteiger partial charge in [0.25, 0.3) is 0 Å². The van der Waals surface area contributed by atoms with Crippen molar-refractivity contribution in [1.29, 1.82) is 5.26 Å². The normalized spacial score (nSPS) is 14.7. The van der Waals surface area contributed by atoms with Crippen LogP contribution >= 0.6 is 0 Å². The summed E-state index contributed by atoms with van der Waals surface area (Å²) >= 11 is 0. The number of nitrogens with zero attached hydrogens (tertiary/aromatic N) is 2. The van der Waals surface area contributed by atoms with Crippen LogP contribution in [-0.2, 0) is 13.5 Å². The SMILES string of the molecule is CCc1c(C#N)c(-c2ccc(C3CCCC3)cc2)c(C(=O)O)n1C. The molecule has 4 nitrogen and oxygen atoms in total. The number of benzene rings is 1. The molecule has 1 aliphatic carbocycles. The molecule has 4 heteroatoms. The van der Waals surface area contributed by atoms with Gasteiger partial charge in [-0.15, -0.1) is 0 Å². The van der Waals surface area contributed by atoms with Gasteiger partial charge in [-0.1, -0.05) is 44.0 Å². The number of rotatable bonds is 4. The molecule has 0 radical (unpaired) electrons. The molecule has 1 fully saturated rings. The van der Waals surface area contributed by atoms with Gasteiger partial charge >= 0.3 is 5.97 Å². The van der Waals surface area contributed by atoms with E-state index >= 15 is 0 Å². The lowest BCUT2D eigenvalue weighted by atomic mass is 9.94. The summed E-state index contributed by atoms with van der Waals surface area (Å²) in [6, 6.07) is 10.3. The first-order chi connectivity index (χ1) is 11.6. The summed E-state index contributed by atoms with van der Waals surface area (Å²) < 4.78 is 1.64. The van der Waals surface area contributed by atoms with E-state index in [1.54, 1.807) is 11.6 Å². The summed E-state index contributed by atoms with van der Waals surface area (Å²) in [5.74, 6) is -0.376. The van der Waals surface area contributed by atoms with Crippen LogP contribution < -0.4 is 0 Å². The van der Waals surface area contributed by atoms with Crippen molar-refractivity contribution in [3.05, 3.63) is 46.8 Å². The van der Waals surface area contributed by atoms with Crippen LogP contribution in [0.3, 0.4) is 0 Å². The predicted octanol–water partition coefficient (Wildman–Crippen LogP) is 4.48. The number of aromatic carboxylic acids is 1. The van der Waals surface area contributed by atoms with E-state index in [4.69, 9.17) is 0 Å². The van der Waals surface area contributed by atoms with Gasteiger partial charge in [-0.2, -0.15) is 5.26 Å². The van der Waals surface area contributed by atoms with Crippen molar-refractivity contribution >= 4 is 5.97 Å². The first-order valence-corrected chi connectivity index (χ1v) is 8.53. The smallest absolute Gasteiger partial charge is 0.353 e. The summed E-state index contributed by atoms with van der Waals surface area (Å²) in [6.45, 7) is 1.94. The Hall–Kier alpha value is -2.54. The van der Waals surface area contributed by atoms with Gasteiger partial charge in [0.2, 0.25) is 0 Å². The highest BCUT2D eigenvalue weighted by atomic mass is 16.4. The van der Waals surface area contributed by atoms with E-state index in [1.165, 1.54) is 31.2 Å². The predicted molar refractivity (Wildman–Crippen MR) is 93.1 cm³/mol. The molecular weight excluding hydrogens is 300 g/mol. The summed E-state index contributed by atoms with van der Waals surface area (Å²) in [7, 11) is 1.72. The molecule has 2 aromatic rings. The zero-order chi connectivity index (χ0) is 17.3. The number of carboxylic acids is 1. The standard InChI is InChI=1S/C20H22N2O2/c1-3-17-16(12-21)18(19(20(23)24)22(17)2)15-10-8-14(9-11-15)13-6-4-5-7-13/h8-11,13H,3-7H2,1-2H3,(H,23,24). The number of aromatic nitrogens is 1. The van der Waals surface area contributed by atoms with Gasteiger partial charge in [-0.05, 0) is 36.3 Å². The second-order valence-electron chi connectivity index (χ2n) is 6.48. The Balaban J connectivity index is 2.11. The van der Waals surface area contributed by atoms with Crippen LogP contribution in [0.5, 0.6) is 0 Å². The monoisotopic (exact) mass is 322 g/mol. The van der Waals surface area contributed by atoms with Crippen LogP contribution in [0.4, 0.5) is 0 Å². The molecule has 124 valence electrons. The van der Waals surface area contributed by atoms with E-state index in [-0.39, 0.29) is 5.69 Å². The van der Waals surface area contributed by atoms with Gasteiger partial charge < -0.3 is 9.67 Å². The van der Waals surface area contributed by atoms with Gasteiger partial charge in [0.1, 0.15) is 11.8 Å². The Labute approximate surface area is 142 Å². The van der Waals surface area contributed by atoms with Crippen molar-refractivity contribution in [2.45, 2.75) is 44.9 Å². The molecule has 1 aliphatic rings. The van der Waals surface area contributed by atoms with Crippen LogP contribution in [-0.4, -0.2) is 15.6 Å². The molecule has 0 aliphatic heterocycles. The number of hydrogen-bond donors (Lipinski definition) is 1. The number of hydrogen-bond acceptors (Lipinski definition) is 2. The molecule has 3 rings (SSSR count). The zero-order valence-corrected chi connectivity index (χ0v) is 14.2. The van der Waals surface area contributed by atoms with Crippen molar-refractivity contribution in [1.82, 2.24) is 4.57 Å².